The Kier molecular flexibility index (Phi) is 6.09. The molecular formula is C11H17Br. The molecular weight excluding hydrogens is 212 g/mol. The quantitative estimate of drug-likeness (QED) is 0.623. The highest BCUT2D eigenvalue weighted by Gasteiger charge is 1.97. The molecule has 0 spiro atoms. The first-order valence-corrected chi connectivity index (χ1v) is 5.32. The Morgan fingerprint density at radius 2 is 1.50 bits per heavy atom. The van der Waals surface area contributed by atoms with Crippen LogP contribution in [0, 0.1) is 6.92 Å². The molecule has 0 aliphatic heterocycles. The smallest absolute Gasteiger partial charge is 0.0367 e. The van der Waals surface area contributed by atoms with Crippen molar-refractivity contribution in [3.63, 3.8) is 0 Å². The fourth-order valence-electron chi connectivity index (χ4n) is 0.832. The summed E-state index contributed by atoms with van der Waals surface area (Å²) in [7, 11) is 0. The lowest BCUT2D eigenvalue weighted by molar-refractivity contribution is 1.12. The fourth-order valence-corrected chi connectivity index (χ4v) is 1.14. The number of halogens is 1. The molecule has 0 heterocycles. The van der Waals surface area contributed by atoms with Gasteiger partial charge in [-0.3, -0.25) is 0 Å². The standard InChI is InChI=1S/C9H11Br.C2H6/c1-7-3-5-9(6-4-7)8(2)10;1-2/h3-6,8H,1-2H3;1-2H3. The molecule has 1 aromatic carbocycles. The number of alkyl halides is 1. The van der Waals surface area contributed by atoms with Crippen molar-refractivity contribution < 1.29 is 0 Å². The predicted molar refractivity (Wildman–Crippen MR) is 59.9 cm³/mol. The van der Waals surface area contributed by atoms with Crippen molar-refractivity contribution in [3.05, 3.63) is 35.4 Å². The van der Waals surface area contributed by atoms with Crippen LogP contribution in [-0.2, 0) is 0 Å². The van der Waals surface area contributed by atoms with E-state index in [0.29, 0.717) is 4.83 Å². The number of benzene rings is 1. The van der Waals surface area contributed by atoms with Gasteiger partial charge in [0.2, 0.25) is 0 Å². The Bertz CT molecular complexity index is 199. The Morgan fingerprint density at radius 1 is 1.08 bits per heavy atom. The van der Waals surface area contributed by atoms with Crippen LogP contribution in [0.3, 0.4) is 0 Å². The van der Waals surface area contributed by atoms with Gasteiger partial charge in [-0.1, -0.05) is 59.6 Å². The van der Waals surface area contributed by atoms with Crippen LogP contribution in [0.1, 0.15) is 36.7 Å². The zero-order valence-corrected chi connectivity index (χ0v) is 9.85. The van der Waals surface area contributed by atoms with E-state index >= 15 is 0 Å². The van der Waals surface area contributed by atoms with Gasteiger partial charge in [0.15, 0.2) is 0 Å². The molecule has 0 aliphatic carbocycles. The van der Waals surface area contributed by atoms with Gasteiger partial charge >= 0.3 is 0 Å². The molecule has 1 heteroatoms. The molecule has 0 aliphatic rings. The molecule has 0 N–H and O–H groups in total. The van der Waals surface area contributed by atoms with E-state index in [0.717, 1.165) is 0 Å². The van der Waals surface area contributed by atoms with Crippen LogP contribution in [0.15, 0.2) is 24.3 Å². The highest BCUT2D eigenvalue weighted by atomic mass is 79.9. The van der Waals surface area contributed by atoms with E-state index in [1.165, 1.54) is 11.1 Å². The summed E-state index contributed by atoms with van der Waals surface area (Å²) in [6, 6.07) is 8.56. The molecule has 1 aromatic rings. The van der Waals surface area contributed by atoms with Crippen molar-refractivity contribution in [2.45, 2.75) is 32.5 Å². The Balaban J connectivity index is 0.000000561. The molecule has 0 radical (unpaired) electrons. The molecule has 0 saturated heterocycles. The molecule has 0 bridgehead atoms. The largest absolute Gasteiger partial charge is 0.0842 e. The lowest BCUT2D eigenvalue weighted by Crippen LogP contribution is -1.82. The normalized spacial score (nSPS) is 11.4. The van der Waals surface area contributed by atoms with Gasteiger partial charge < -0.3 is 0 Å². The third-order valence-corrected chi connectivity index (χ3v) is 2.07. The minimum absolute atomic E-state index is 0.466. The van der Waals surface area contributed by atoms with Crippen LogP contribution in [-0.4, -0.2) is 0 Å². The average Bonchev–Trinajstić information content (AvgIpc) is 2.09. The van der Waals surface area contributed by atoms with E-state index in [1.807, 2.05) is 13.8 Å². The molecule has 1 rings (SSSR count). The number of rotatable bonds is 1. The van der Waals surface area contributed by atoms with E-state index in [-0.39, 0.29) is 0 Å². The summed E-state index contributed by atoms with van der Waals surface area (Å²) in [5, 5.41) is 0. The SMILES string of the molecule is CC.Cc1ccc(C(C)Br)cc1. The van der Waals surface area contributed by atoms with Crippen LogP contribution in [0.25, 0.3) is 0 Å². The van der Waals surface area contributed by atoms with Crippen LogP contribution in [0.2, 0.25) is 0 Å². The van der Waals surface area contributed by atoms with Gasteiger partial charge in [0.05, 0.1) is 0 Å². The topological polar surface area (TPSA) is 0 Å². The number of hydrogen-bond donors (Lipinski definition) is 0. The lowest BCUT2D eigenvalue weighted by Gasteiger charge is -2.02. The van der Waals surface area contributed by atoms with Crippen LogP contribution >= 0.6 is 15.9 Å². The first-order chi connectivity index (χ1) is 5.70. The second-order valence-corrected chi connectivity index (χ2v) is 3.90. The van der Waals surface area contributed by atoms with Gasteiger partial charge in [-0.15, -0.1) is 0 Å². The number of aryl methyl sites for hydroxylation is 1. The summed E-state index contributed by atoms with van der Waals surface area (Å²) in [5.41, 5.74) is 2.66. The molecule has 1 atom stereocenters. The van der Waals surface area contributed by atoms with Crippen molar-refractivity contribution in [3.8, 4) is 0 Å². The van der Waals surface area contributed by atoms with Gasteiger partial charge in [0.1, 0.15) is 0 Å². The molecule has 12 heavy (non-hydrogen) atoms. The second kappa shape index (κ2) is 6.24. The predicted octanol–water partition coefficient (Wildman–Crippen LogP) is 4.48. The Labute approximate surface area is 84.1 Å². The Morgan fingerprint density at radius 3 is 1.83 bits per heavy atom. The highest BCUT2D eigenvalue weighted by Crippen LogP contribution is 2.21. The van der Waals surface area contributed by atoms with E-state index in [9.17, 15) is 0 Å². The summed E-state index contributed by atoms with van der Waals surface area (Å²) in [5.74, 6) is 0. The molecule has 0 nitrogen and oxygen atoms in total. The molecule has 0 saturated carbocycles. The zero-order valence-electron chi connectivity index (χ0n) is 8.26. The van der Waals surface area contributed by atoms with Crippen LogP contribution in [0.5, 0.6) is 0 Å². The highest BCUT2D eigenvalue weighted by molar-refractivity contribution is 9.09. The van der Waals surface area contributed by atoms with Crippen molar-refractivity contribution in [2.24, 2.45) is 0 Å². The van der Waals surface area contributed by atoms with Crippen molar-refractivity contribution >= 4 is 15.9 Å². The van der Waals surface area contributed by atoms with E-state index in [2.05, 4.69) is 54.0 Å². The first-order valence-electron chi connectivity index (χ1n) is 4.41. The van der Waals surface area contributed by atoms with E-state index < -0.39 is 0 Å². The molecule has 68 valence electrons. The third kappa shape index (κ3) is 3.91. The summed E-state index contributed by atoms with van der Waals surface area (Å²) in [6.07, 6.45) is 0. The maximum absolute atomic E-state index is 3.51. The van der Waals surface area contributed by atoms with E-state index in [4.69, 9.17) is 0 Å². The van der Waals surface area contributed by atoms with Crippen molar-refractivity contribution in [1.29, 1.82) is 0 Å². The Hall–Kier alpha value is -0.300. The monoisotopic (exact) mass is 228 g/mol. The summed E-state index contributed by atoms with van der Waals surface area (Å²) >= 11 is 3.51. The summed E-state index contributed by atoms with van der Waals surface area (Å²) in [4.78, 5) is 0.466. The van der Waals surface area contributed by atoms with Crippen LogP contribution in [0.4, 0.5) is 0 Å². The molecule has 0 aromatic heterocycles. The van der Waals surface area contributed by atoms with Gasteiger partial charge in [0.25, 0.3) is 0 Å². The maximum atomic E-state index is 3.51. The number of hydrogen-bond acceptors (Lipinski definition) is 0. The molecule has 1 unspecified atom stereocenters. The first kappa shape index (κ1) is 11.7. The van der Waals surface area contributed by atoms with Crippen molar-refractivity contribution in [2.75, 3.05) is 0 Å². The van der Waals surface area contributed by atoms with Crippen molar-refractivity contribution in [1.82, 2.24) is 0 Å². The summed E-state index contributed by atoms with van der Waals surface area (Å²) in [6.45, 7) is 8.23. The van der Waals surface area contributed by atoms with Gasteiger partial charge in [0, 0.05) is 4.83 Å². The van der Waals surface area contributed by atoms with Gasteiger partial charge in [-0.25, -0.2) is 0 Å². The second-order valence-electron chi connectivity index (χ2n) is 2.53. The molecule has 0 fully saturated rings. The van der Waals surface area contributed by atoms with Crippen LogP contribution < -0.4 is 0 Å². The zero-order chi connectivity index (χ0) is 9.56. The van der Waals surface area contributed by atoms with Gasteiger partial charge in [-0.05, 0) is 19.4 Å². The van der Waals surface area contributed by atoms with Gasteiger partial charge in [-0.2, -0.15) is 0 Å². The maximum Gasteiger partial charge on any atom is 0.0367 e. The third-order valence-electron chi connectivity index (χ3n) is 1.54. The minimum Gasteiger partial charge on any atom is -0.0842 e. The minimum atomic E-state index is 0.466. The molecule has 0 amide bonds. The van der Waals surface area contributed by atoms with E-state index in [1.54, 1.807) is 0 Å². The summed E-state index contributed by atoms with van der Waals surface area (Å²) < 4.78 is 0. The average molecular weight is 229 g/mol. The fraction of sp³-hybridized carbons (Fsp3) is 0.455. The lowest BCUT2D eigenvalue weighted by atomic mass is 10.1.